The Hall–Kier alpha value is -3.61. The van der Waals surface area contributed by atoms with Crippen LogP contribution in [0.5, 0.6) is 0 Å². The van der Waals surface area contributed by atoms with Crippen LogP contribution in [0.1, 0.15) is 50.3 Å². The molecule has 0 amide bonds. The Labute approximate surface area is 182 Å². The Morgan fingerprint density at radius 2 is 1.81 bits per heavy atom. The number of nitrogens with zero attached hydrogens (tertiary/aromatic N) is 6. The molecule has 0 spiro atoms. The van der Waals surface area contributed by atoms with E-state index >= 15 is 0 Å². The van der Waals surface area contributed by atoms with Crippen molar-refractivity contribution in [3.05, 3.63) is 71.8 Å². The first-order valence-corrected chi connectivity index (χ1v) is 10.8. The van der Waals surface area contributed by atoms with Crippen LogP contribution in [0, 0.1) is 0 Å². The SMILES string of the molecule is CCC=Cc1nc(CCCC)nn1Cc1ccc(-c2ccccc2-c2nnn[nH]2)cc1. The van der Waals surface area contributed by atoms with Crippen molar-refractivity contribution >= 4 is 6.08 Å². The minimum atomic E-state index is 0.661. The second kappa shape index (κ2) is 9.93. The summed E-state index contributed by atoms with van der Waals surface area (Å²) < 4.78 is 2.00. The zero-order chi connectivity index (χ0) is 21.5. The number of hydrogen-bond acceptors (Lipinski definition) is 5. The van der Waals surface area contributed by atoms with Gasteiger partial charge in [-0.25, -0.2) is 14.8 Å². The van der Waals surface area contributed by atoms with Gasteiger partial charge in [-0.05, 0) is 46.0 Å². The van der Waals surface area contributed by atoms with E-state index in [1.54, 1.807) is 0 Å². The van der Waals surface area contributed by atoms with Crippen LogP contribution < -0.4 is 0 Å². The van der Waals surface area contributed by atoms with Crippen molar-refractivity contribution < 1.29 is 0 Å². The molecule has 1 N–H and O–H groups in total. The second-order valence-corrected chi connectivity index (χ2v) is 7.45. The molecule has 4 rings (SSSR count). The standard InChI is InChI=1S/C24H27N7/c1-3-5-11-22-25-23(12-6-4-2)31(28-22)17-18-13-15-19(16-14-18)20-9-7-8-10-21(20)24-26-29-30-27-24/h6-10,12-16H,3-5,11,17H2,1-2H3,(H,26,27,29,30). The molecule has 2 aromatic carbocycles. The molecule has 0 fully saturated rings. The normalized spacial score (nSPS) is 11.4. The second-order valence-electron chi connectivity index (χ2n) is 7.45. The van der Waals surface area contributed by atoms with Crippen LogP contribution in [-0.4, -0.2) is 35.4 Å². The van der Waals surface area contributed by atoms with Gasteiger partial charge >= 0.3 is 0 Å². The summed E-state index contributed by atoms with van der Waals surface area (Å²) in [5.41, 5.74) is 4.36. The van der Waals surface area contributed by atoms with E-state index in [9.17, 15) is 0 Å². The molecular weight excluding hydrogens is 386 g/mol. The molecule has 0 aliphatic carbocycles. The molecule has 158 valence electrons. The van der Waals surface area contributed by atoms with Crippen LogP contribution in [0.15, 0.2) is 54.6 Å². The fraction of sp³-hybridized carbons (Fsp3) is 0.292. The Morgan fingerprint density at radius 1 is 1.00 bits per heavy atom. The third-order valence-electron chi connectivity index (χ3n) is 5.13. The number of aromatic amines is 1. The summed E-state index contributed by atoms with van der Waals surface area (Å²) in [6, 6.07) is 16.7. The van der Waals surface area contributed by atoms with Crippen molar-refractivity contribution in [1.29, 1.82) is 0 Å². The number of aryl methyl sites for hydroxylation is 1. The summed E-state index contributed by atoms with van der Waals surface area (Å²) in [6.07, 6.45) is 8.34. The molecule has 0 saturated heterocycles. The molecule has 7 heteroatoms. The minimum absolute atomic E-state index is 0.661. The van der Waals surface area contributed by atoms with Gasteiger partial charge in [-0.2, -0.15) is 5.10 Å². The highest BCUT2D eigenvalue weighted by atomic mass is 15.5. The molecule has 31 heavy (non-hydrogen) atoms. The molecule has 0 aliphatic rings. The Morgan fingerprint density at radius 3 is 2.52 bits per heavy atom. The number of benzene rings is 2. The summed E-state index contributed by atoms with van der Waals surface area (Å²) in [6.45, 7) is 5.00. The number of allylic oxidation sites excluding steroid dienone is 1. The molecule has 0 atom stereocenters. The lowest BCUT2D eigenvalue weighted by atomic mass is 9.98. The van der Waals surface area contributed by atoms with Crippen LogP contribution in [0.25, 0.3) is 28.6 Å². The highest BCUT2D eigenvalue weighted by molar-refractivity contribution is 5.80. The topological polar surface area (TPSA) is 85.2 Å². The molecule has 2 heterocycles. The zero-order valence-electron chi connectivity index (χ0n) is 18.0. The van der Waals surface area contributed by atoms with Crippen molar-refractivity contribution in [3.8, 4) is 22.5 Å². The van der Waals surface area contributed by atoms with E-state index in [4.69, 9.17) is 10.1 Å². The number of H-pyrrole nitrogens is 1. The van der Waals surface area contributed by atoms with Gasteiger partial charge in [0.05, 0.1) is 6.54 Å². The van der Waals surface area contributed by atoms with Gasteiger partial charge in [0.1, 0.15) is 0 Å². The Balaban J connectivity index is 1.58. The number of tetrazole rings is 1. The number of aromatic nitrogens is 7. The van der Waals surface area contributed by atoms with E-state index in [0.717, 1.165) is 54.0 Å². The van der Waals surface area contributed by atoms with Crippen molar-refractivity contribution in [2.24, 2.45) is 0 Å². The monoisotopic (exact) mass is 413 g/mol. The number of unbranched alkanes of at least 4 members (excludes halogenated alkanes) is 1. The zero-order valence-corrected chi connectivity index (χ0v) is 18.0. The van der Waals surface area contributed by atoms with E-state index < -0.39 is 0 Å². The van der Waals surface area contributed by atoms with Gasteiger partial charge in [0.2, 0.25) is 0 Å². The fourth-order valence-corrected chi connectivity index (χ4v) is 3.48. The summed E-state index contributed by atoms with van der Waals surface area (Å²) in [7, 11) is 0. The number of nitrogens with one attached hydrogen (secondary N) is 1. The van der Waals surface area contributed by atoms with Crippen LogP contribution >= 0.6 is 0 Å². The first-order chi connectivity index (χ1) is 15.3. The number of rotatable bonds is 9. The quantitative estimate of drug-likeness (QED) is 0.420. The predicted molar refractivity (Wildman–Crippen MR) is 122 cm³/mol. The maximum Gasteiger partial charge on any atom is 0.180 e. The molecule has 0 aliphatic heterocycles. The molecule has 0 unspecified atom stereocenters. The molecular formula is C24H27N7. The van der Waals surface area contributed by atoms with Gasteiger partial charge in [-0.3, -0.25) is 0 Å². The van der Waals surface area contributed by atoms with Gasteiger partial charge in [-0.1, -0.05) is 74.9 Å². The Bertz CT molecular complexity index is 1130. The van der Waals surface area contributed by atoms with Gasteiger partial charge in [-0.15, -0.1) is 5.10 Å². The van der Waals surface area contributed by atoms with Crippen molar-refractivity contribution in [1.82, 2.24) is 35.4 Å². The minimum Gasteiger partial charge on any atom is -0.242 e. The summed E-state index contributed by atoms with van der Waals surface area (Å²) in [5, 5.41) is 19.1. The maximum atomic E-state index is 4.75. The smallest absolute Gasteiger partial charge is 0.180 e. The van der Waals surface area contributed by atoms with Crippen molar-refractivity contribution in [2.45, 2.75) is 46.1 Å². The third kappa shape index (κ3) is 4.94. The van der Waals surface area contributed by atoms with E-state index in [1.807, 2.05) is 22.9 Å². The van der Waals surface area contributed by atoms with Gasteiger partial charge in [0.15, 0.2) is 17.5 Å². The Kier molecular flexibility index (Phi) is 6.62. The first-order valence-electron chi connectivity index (χ1n) is 10.8. The van der Waals surface area contributed by atoms with Crippen LogP contribution in [-0.2, 0) is 13.0 Å². The lowest BCUT2D eigenvalue weighted by molar-refractivity contribution is 0.656. The molecule has 2 aromatic heterocycles. The summed E-state index contributed by atoms with van der Waals surface area (Å²) >= 11 is 0. The lowest BCUT2D eigenvalue weighted by Crippen LogP contribution is -2.04. The van der Waals surface area contributed by atoms with Gasteiger partial charge in [0, 0.05) is 12.0 Å². The first kappa shape index (κ1) is 20.7. The molecule has 7 nitrogen and oxygen atoms in total. The lowest BCUT2D eigenvalue weighted by Gasteiger charge is -2.09. The largest absolute Gasteiger partial charge is 0.242 e. The molecule has 0 saturated carbocycles. The average molecular weight is 414 g/mol. The van der Waals surface area contributed by atoms with E-state index in [0.29, 0.717) is 12.4 Å². The predicted octanol–water partition coefficient (Wildman–Crippen LogP) is 4.94. The highest BCUT2D eigenvalue weighted by Gasteiger charge is 2.11. The summed E-state index contributed by atoms with van der Waals surface area (Å²) in [4.78, 5) is 4.73. The number of hydrogen-bond donors (Lipinski definition) is 1. The maximum absolute atomic E-state index is 4.75. The van der Waals surface area contributed by atoms with Crippen molar-refractivity contribution in [2.75, 3.05) is 0 Å². The summed E-state index contributed by atoms with van der Waals surface area (Å²) in [5.74, 6) is 2.50. The van der Waals surface area contributed by atoms with Crippen molar-refractivity contribution in [3.63, 3.8) is 0 Å². The van der Waals surface area contributed by atoms with Gasteiger partial charge < -0.3 is 0 Å². The van der Waals surface area contributed by atoms with Crippen LogP contribution in [0.4, 0.5) is 0 Å². The van der Waals surface area contributed by atoms with E-state index in [2.05, 4.69) is 77.0 Å². The fourth-order valence-electron chi connectivity index (χ4n) is 3.48. The molecule has 0 radical (unpaired) electrons. The average Bonchev–Trinajstić information content (AvgIpc) is 3.47. The molecule has 0 bridgehead atoms. The highest BCUT2D eigenvalue weighted by Crippen LogP contribution is 2.29. The van der Waals surface area contributed by atoms with E-state index in [1.165, 1.54) is 5.56 Å². The third-order valence-corrected chi connectivity index (χ3v) is 5.13. The molecule has 4 aromatic rings. The van der Waals surface area contributed by atoms with Crippen LogP contribution in [0.2, 0.25) is 0 Å². The van der Waals surface area contributed by atoms with Gasteiger partial charge in [0.25, 0.3) is 0 Å². The van der Waals surface area contributed by atoms with Crippen LogP contribution in [0.3, 0.4) is 0 Å². The van der Waals surface area contributed by atoms with E-state index in [-0.39, 0.29) is 0 Å².